The molecule has 2 rings (SSSR count). The van der Waals surface area contributed by atoms with E-state index in [0.717, 1.165) is 19.4 Å². The van der Waals surface area contributed by atoms with Crippen LogP contribution >= 0.6 is 0 Å². The van der Waals surface area contributed by atoms with Crippen LogP contribution in [0.2, 0.25) is 0 Å². The van der Waals surface area contributed by atoms with E-state index < -0.39 is 0 Å². The van der Waals surface area contributed by atoms with E-state index in [1.165, 1.54) is 17.5 Å². The van der Waals surface area contributed by atoms with Gasteiger partial charge in [0, 0.05) is 0 Å². The summed E-state index contributed by atoms with van der Waals surface area (Å²) >= 11 is 0. The van der Waals surface area contributed by atoms with Gasteiger partial charge in [-0.05, 0) is 60.9 Å². The molecule has 1 nitrogen and oxygen atoms in total. The molecule has 0 saturated carbocycles. The molecule has 2 unspecified atom stereocenters. The maximum atomic E-state index is 13.1. The highest BCUT2D eigenvalue weighted by Crippen LogP contribution is 2.30. The smallest absolute Gasteiger partial charge is 0.123 e. The lowest BCUT2D eigenvalue weighted by Crippen LogP contribution is -2.26. The molecule has 0 radical (unpaired) electrons. The van der Waals surface area contributed by atoms with E-state index in [9.17, 15) is 4.39 Å². The fraction of sp³-hybridized carbons (Fsp3) is 0.538. The first kappa shape index (κ1) is 10.6. The molecule has 0 heterocycles. The van der Waals surface area contributed by atoms with Gasteiger partial charge in [-0.25, -0.2) is 4.39 Å². The van der Waals surface area contributed by atoms with Crippen molar-refractivity contribution >= 4 is 0 Å². The number of nitrogens with two attached hydrogens (primary N) is 1. The van der Waals surface area contributed by atoms with Crippen LogP contribution in [0, 0.1) is 17.7 Å². The Morgan fingerprint density at radius 2 is 2.27 bits per heavy atom. The van der Waals surface area contributed by atoms with E-state index in [-0.39, 0.29) is 5.82 Å². The molecule has 0 amide bonds. The van der Waals surface area contributed by atoms with Crippen LogP contribution in [0.5, 0.6) is 0 Å². The van der Waals surface area contributed by atoms with Crippen molar-refractivity contribution < 1.29 is 4.39 Å². The molecule has 0 saturated heterocycles. The largest absolute Gasteiger partial charge is 0.330 e. The first-order chi connectivity index (χ1) is 7.20. The van der Waals surface area contributed by atoms with E-state index in [2.05, 4.69) is 6.92 Å². The van der Waals surface area contributed by atoms with Gasteiger partial charge in [0.15, 0.2) is 0 Å². The zero-order valence-corrected chi connectivity index (χ0v) is 9.17. The van der Waals surface area contributed by atoms with Crippen molar-refractivity contribution in [2.45, 2.75) is 26.2 Å². The summed E-state index contributed by atoms with van der Waals surface area (Å²) in [7, 11) is 0. The zero-order chi connectivity index (χ0) is 10.8. The van der Waals surface area contributed by atoms with Crippen molar-refractivity contribution in [3.8, 4) is 0 Å². The van der Waals surface area contributed by atoms with Crippen molar-refractivity contribution in [2.24, 2.45) is 17.6 Å². The Morgan fingerprint density at radius 3 is 3.00 bits per heavy atom. The average Bonchev–Trinajstić information content (AvgIpc) is 2.27. The molecular formula is C13H18FN. The van der Waals surface area contributed by atoms with Gasteiger partial charge in [-0.2, -0.15) is 0 Å². The summed E-state index contributed by atoms with van der Waals surface area (Å²) in [4.78, 5) is 0. The first-order valence-corrected chi connectivity index (χ1v) is 5.68. The number of halogens is 1. The van der Waals surface area contributed by atoms with E-state index in [0.29, 0.717) is 11.8 Å². The van der Waals surface area contributed by atoms with Crippen molar-refractivity contribution in [2.75, 3.05) is 6.54 Å². The van der Waals surface area contributed by atoms with Crippen LogP contribution in [0.25, 0.3) is 0 Å². The maximum absolute atomic E-state index is 13.1. The van der Waals surface area contributed by atoms with Crippen molar-refractivity contribution in [1.29, 1.82) is 0 Å². The van der Waals surface area contributed by atoms with E-state index in [1.54, 1.807) is 12.1 Å². The molecule has 2 atom stereocenters. The molecule has 1 aromatic rings. The quantitative estimate of drug-likeness (QED) is 0.792. The summed E-state index contributed by atoms with van der Waals surface area (Å²) in [5.74, 6) is 1.06. The number of aryl methyl sites for hydroxylation is 1. The number of benzene rings is 1. The molecule has 0 aromatic heterocycles. The third-order valence-corrected chi connectivity index (χ3v) is 3.61. The Bertz CT molecular complexity index is 348. The third kappa shape index (κ3) is 2.20. The first-order valence-electron chi connectivity index (χ1n) is 5.68. The van der Waals surface area contributed by atoms with Crippen LogP contribution in [-0.4, -0.2) is 6.54 Å². The van der Waals surface area contributed by atoms with Gasteiger partial charge in [-0.1, -0.05) is 13.0 Å². The van der Waals surface area contributed by atoms with Crippen LogP contribution in [0.1, 0.15) is 24.5 Å². The minimum absolute atomic E-state index is 0.116. The molecular weight excluding hydrogens is 189 g/mol. The molecule has 0 fully saturated rings. The van der Waals surface area contributed by atoms with Crippen LogP contribution in [0.4, 0.5) is 4.39 Å². The van der Waals surface area contributed by atoms with Gasteiger partial charge in [0.1, 0.15) is 5.82 Å². The van der Waals surface area contributed by atoms with E-state index in [1.807, 2.05) is 6.07 Å². The monoisotopic (exact) mass is 207 g/mol. The Kier molecular flexibility index (Phi) is 3.06. The van der Waals surface area contributed by atoms with Gasteiger partial charge in [0.05, 0.1) is 0 Å². The normalized spacial score (nSPS) is 22.2. The summed E-state index contributed by atoms with van der Waals surface area (Å²) in [5, 5.41) is 0. The highest BCUT2D eigenvalue weighted by molar-refractivity contribution is 5.30. The molecule has 1 aliphatic carbocycles. The molecule has 15 heavy (non-hydrogen) atoms. The van der Waals surface area contributed by atoms with Gasteiger partial charge in [-0.3, -0.25) is 0 Å². The summed E-state index contributed by atoms with van der Waals surface area (Å²) < 4.78 is 13.1. The van der Waals surface area contributed by atoms with Gasteiger partial charge in [-0.15, -0.1) is 0 Å². The van der Waals surface area contributed by atoms with E-state index in [4.69, 9.17) is 5.73 Å². The van der Waals surface area contributed by atoms with Crippen LogP contribution < -0.4 is 5.73 Å². The summed E-state index contributed by atoms with van der Waals surface area (Å²) in [6.45, 7) is 2.92. The maximum Gasteiger partial charge on any atom is 0.123 e. The lowest BCUT2D eigenvalue weighted by molar-refractivity contribution is 0.326. The molecule has 1 aliphatic rings. The van der Waals surface area contributed by atoms with Crippen LogP contribution in [-0.2, 0) is 12.8 Å². The minimum Gasteiger partial charge on any atom is -0.330 e. The summed E-state index contributed by atoms with van der Waals surface area (Å²) in [6.07, 6.45) is 3.26. The molecule has 0 spiro atoms. The second-order valence-electron chi connectivity index (χ2n) is 4.63. The summed E-state index contributed by atoms with van der Waals surface area (Å²) in [5.41, 5.74) is 8.18. The molecule has 0 aliphatic heterocycles. The predicted molar refractivity (Wildman–Crippen MR) is 60.1 cm³/mol. The molecule has 2 N–H and O–H groups in total. The number of hydrogen-bond acceptors (Lipinski definition) is 1. The Morgan fingerprint density at radius 1 is 1.47 bits per heavy atom. The van der Waals surface area contributed by atoms with Gasteiger partial charge in [0.2, 0.25) is 0 Å². The van der Waals surface area contributed by atoms with Crippen molar-refractivity contribution in [3.05, 3.63) is 35.1 Å². The predicted octanol–water partition coefficient (Wildman–Crippen LogP) is 2.53. The second kappa shape index (κ2) is 4.31. The number of rotatable bonds is 2. The Hall–Kier alpha value is -0.890. The average molecular weight is 207 g/mol. The van der Waals surface area contributed by atoms with Crippen LogP contribution in [0.15, 0.2) is 18.2 Å². The molecule has 1 aromatic carbocycles. The fourth-order valence-electron chi connectivity index (χ4n) is 2.43. The van der Waals surface area contributed by atoms with Gasteiger partial charge >= 0.3 is 0 Å². The summed E-state index contributed by atoms with van der Waals surface area (Å²) in [6, 6.07) is 5.17. The van der Waals surface area contributed by atoms with Crippen molar-refractivity contribution in [1.82, 2.24) is 0 Å². The highest BCUT2D eigenvalue weighted by Gasteiger charge is 2.22. The lowest BCUT2D eigenvalue weighted by atomic mass is 9.78. The number of hydrogen-bond donors (Lipinski definition) is 1. The lowest BCUT2D eigenvalue weighted by Gasteiger charge is -2.28. The number of fused-ring (bicyclic) bond motifs is 1. The zero-order valence-electron chi connectivity index (χ0n) is 9.17. The van der Waals surface area contributed by atoms with Crippen molar-refractivity contribution in [3.63, 3.8) is 0 Å². The Balaban J connectivity index is 2.18. The topological polar surface area (TPSA) is 26.0 Å². The molecule has 82 valence electrons. The minimum atomic E-state index is -0.116. The second-order valence-corrected chi connectivity index (χ2v) is 4.63. The van der Waals surface area contributed by atoms with Crippen LogP contribution in [0.3, 0.4) is 0 Å². The SMILES string of the molecule is CC(CN)C1CCc2ccc(F)cc2C1. The highest BCUT2D eigenvalue weighted by atomic mass is 19.1. The third-order valence-electron chi connectivity index (χ3n) is 3.61. The van der Waals surface area contributed by atoms with Gasteiger partial charge < -0.3 is 5.73 Å². The fourth-order valence-corrected chi connectivity index (χ4v) is 2.43. The van der Waals surface area contributed by atoms with E-state index >= 15 is 0 Å². The Labute approximate surface area is 90.5 Å². The standard InChI is InChI=1S/C13H18FN/c1-9(8-15)11-3-2-10-4-5-13(14)7-12(10)6-11/h4-5,7,9,11H,2-3,6,8,15H2,1H3. The molecule has 0 bridgehead atoms. The molecule has 2 heteroatoms. The van der Waals surface area contributed by atoms with Gasteiger partial charge in [0.25, 0.3) is 0 Å².